The highest BCUT2D eigenvalue weighted by Gasteiger charge is 2.59. The van der Waals surface area contributed by atoms with E-state index in [0.717, 1.165) is 28.9 Å². The van der Waals surface area contributed by atoms with E-state index in [4.69, 9.17) is 0 Å². The van der Waals surface area contributed by atoms with Crippen LogP contribution in [0.2, 0.25) is 0 Å². The van der Waals surface area contributed by atoms with Crippen LogP contribution in [0.5, 0.6) is 0 Å². The van der Waals surface area contributed by atoms with Gasteiger partial charge in [0.05, 0.1) is 94.3 Å². The van der Waals surface area contributed by atoms with E-state index >= 15 is 0 Å². The van der Waals surface area contributed by atoms with E-state index in [-0.39, 0.29) is 16.2 Å². The molecule has 0 spiro atoms. The molecule has 5 aliphatic carbocycles. The van der Waals surface area contributed by atoms with Crippen molar-refractivity contribution in [2.24, 2.45) is 11.8 Å². The van der Waals surface area contributed by atoms with Crippen molar-refractivity contribution >= 4 is 153 Å². The molecule has 7 aromatic heterocycles. The van der Waals surface area contributed by atoms with Crippen molar-refractivity contribution in [1.82, 2.24) is 32.0 Å². The summed E-state index contributed by atoms with van der Waals surface area (Å²) >= 11 is 0. The number of hydrogen-bond acceptors (Lipinski definition) is 0. The Kier molecular flexibility index (Phi) is 18.2. The zero-order valence-electron chi connectivity index (χ0n) is 76.4. The van der Waals surface area contributed by atoms with Gasteiger partial charge in [-0.3, -0.25) is 0 Å². The van der Waals surface area contributed by atoms with E-state index in [2.05, 4.69) is 487 Å². The molecule has 26 aromatic rings. The Balaban J connectivity index is 0.000000102. The molecular weight excluding hydrogens is 1660 g/mol. The Morgan fingerprint density at radius 2 is 0.321 bits per heavy atom. The van der Waals surface area contributed by atoms with Gasteiger partial charge < -0.3 is 32.0 Å². The van der Waals surface area contributed by atoms with Gasteiger partial charge in [-0.25, -0.2) is 0 Å². The van der Waals surface area contributed by atoms with E-state index in [1.165, 1.54) is 257 Å². The second-order valence-electron chi connectivity index (χ2n) is 39.6. The van der Waals surface area contributed by atoms with Crippen LogP contribution in [0.15, 0.2) is 455 Å². The Labute approximate surface area is 794 Å². The monoisotopic (exact) mass is 1760 g/mol. The molecule has 31 rings (SSSR count). The Bertz CT molecular complexity index is 8250. The maximum atomic E-state index is 2.49. The first-order valence-corrected chi connectivity index (χ1v) is 49.3. The lowest BCUT2D eigenvalue weighted by Gasteiger charge is -2.63. The van der Waals surface area contributed by atoms with E-state index in [0.29, 0.717) is 0 Å². The van der Waals surface area contributed by atoms with Crippen LogP contribution >= 0.6 is 0 Å². The van der Waals surface area contributed by atoms with Crippen LogP contribution in [0.25, 0.3) is 192 Å². The maximum Gasteiger partial charge on any atom is 0.0541 e. The van der Waals surface area contributed by atoms with Gasteiger partial charge in [0, 0.05) is 104 Å². The van der Waals surface area contributed by atoms with Crippen molar-refractivity contribution < 1.29 is 0 Å². The summed E-state index contributed by atoms with van der Waals surface area (Å²) in [6.45, 7) is 0. The highest BCUT2D eigenvalue weighted by atomic mass is 15.1. The lowest BCUT2D eigenvalue weighted by molar-refractivity contribution is -0.0281. The normalized spacial score (nSPS) is 17.4. The number of benzene rings is 19. The van der Waals surface area contributed by atoms with Gasteiger partial charge in [0.25, 0.3) is 0 Å². The summed E-state index contributed by atoms with van der Waals surface area (Å²) in [5.41, 5.74) is 32.3. The number of nitrogens with zero attached hydrogens (tertiary/aromatic N) is 7. The fourth-order valence-corrected chi connectivity index (χ4v) is 27.0. The molecule has 7 heteroatoms. The molecular formula is C130H99N7. The lowest BCUT2D eigenvalue weighted by atomic mass is 9.42. The van der Waals surface area contributed by atoms with Crippen LogP contribution in [0.4, 0.5) is 0 Å². The Morgan fingerprint density at radius 3 is 0.504 bits per heavy atom. The number of rotatable bonds is 11. The van der Waals surface area contributed by atoms with Gasteiger partial charge in [0.1, 0.15) is 0 Å². The standard InChI is InChI=1S/C46H38N2.C42H27N3.C42H34N2/c1-5-13-41-37(9-1)38-10-2-6-14-42(38)47(41)35-21-17-33(18-22-35)45-26-31-25-32(27-45)29-46(28-31,30-45)34-19-23-36(24-20-34)48-43-15-7-3-11-39(43)40-12-4-8-16-44(40)48;1-7-19-37-31(13-1)32-14-2-8-20-38(32)43(37)28-25-29(44-39-21-9-3-15-33(39)34-16-4-10-22-40(34)44)27-30(26-28)45-41-23-11-5-17-35(41)36-18-6-12-24-42(36)45;1-10-28-42(29-11-1,30-20-24-32(25-21-30)43-38-16-6-2-12-34(38)35-13-3-7-17-39(35)43)31-22-26-33(27-23-31)44-40-18-8-4-14-36(40)37-15-5-9-19-41(37)44/h1-24,31-32H,25-30H2;1-27H;2-9,12-27H,1,10-11,28-29H2. The number of aromatic nitrogens is 7. The van der Waals surface area contributed by atoms with Gasteiger partial charge in [-0.2, -0.15) is 0 Å². The van der Waals surface area contributed by atoms with Gasteiger partial charge in [-0.1, -0.05) is 323 Å². The molecule has 137 heavy (non-hydrogen) atoms. The van der Waals surface area contributed by atoms with E-state index in [9.17, 15) is 0 Å². The molecule has 0 atom stereocenters. The zero-order chi connectivity index (χ0) is 90.0. The first kappa shape index (κ1) is 79.3. The third kappa shape index (κ3) is 12.4. The molecule has 654 valence electrons. The fourth-order valence-electron chi connectivity index (χ4n) is 27.0. The molecule has 5 aliphatic rings. The molecule has 5 saturated carbocycles. The fraction of sp³-hybridized carbons (Fsp3) is 0.123. The molecule has 0 saturated heterocycles. The first-order chi connectivity index (χ1) is 67.8. The predicted octanol–water partition coefficient (Wildman–Crippen LogP) is 33.8. The maximum absolute atomic E-state index is 2.49. The van der Waals surface area contributed by atoms with Crippen molar-refractivity contribution in [2.45, 2.75) is 86.9 Å². The van der Waals surface area contributed by atoms with Gasteiger partial charge in [-0.05, 0) is 248 Å². The number of para-hydroxylation sites is 14. The minimum atomic E-state index is 0.0386. The van der Waals surface area contributed by atoms with Crippen molar-refractivity contribution in [1.29, 1.82) is 0 Å². The van der Waals surface area contributed by atoms with Crippen LogP contribution in [0, 0.1) is 11.8 Å². The summed E-state index contributed by atoms with van der Waals surface area (Å²) in [5.74, 6) is 1.64. The summed E-state index contributed by atoms with van der Waals surface area (Å²) in [6.07, 6.45) is 14.3. The smallest absolute Gasteiger partial charge is 0.0541 e. The summed E-state index contributed by atoms with van der Waals surface area (Å²) in [7, 11) is 0. The largest absolute Gasteiger partial charge is 0.309 e. The highest BCUT2D eigenvalue weighted by Crippen LogP contribution is 2.67. The average molecular weight is 1760 g/mol. The molecule has 5 fully saturated rings. The molecule has 4 bridgehead atoms. The summed E-state index contributed by atoms with van der Waals surface area (Å²) in [4.78, 5) is 0. The van der Waals surface area contributed by atoms with Crippen molar-refractivity contribution in [3.63, 3.8) is 0 Å². The quantitative estimate of drug-likeness (QED) is 0.124. The molecule has 7 heterocycles. The van der Waals surface area contributed by atoms with Crippen LogP contribution in [0.3, 0.4) is 0 Å². The van der Waals surface area contributed by atoms with Gasteiger partial charge >= 0.3 is 0 Å². The first-order valence-electron chi connectivity index (χ1n) is 49.3. The van der Waals surface area contributed by atoms with Crippen LogP contribution in [-0.4, -0.2) is 32.0 Å². The summed E-state index contributed by atoms with van der Waals surface area (Å²) < 4.78 is 17.0. The molecule has 0 aliphatic heterocycles. The van der Waals surface area contributed by atoms with Crippen molar-refractivity contribution in [3.05, 3.63) is 477 Å². The second-order valence-corrected chi connectivity index (χ2v) is 39.6. The summed E-state index contributed by atoms with van der Waals surface area (Å²) in [5, 5.41) is 18.1. The van der Waals surface area contributed by atoms with E-state index in [1.54, 1.807) is 11.1 Å². The molecule has 7 nitrogen and oxygen atoms in total. The lowest BCUT2D eigenvalue weighted by Crippen LogP contribution is -2.55. The topological polar surface area (TPSA) is 34.5 Å². The zero-order valence-corrected chi connectivity index (χ0v) is 76.4. The molecule has 0 radical (unpaired) electrons. The molecule has 0 amide bonds. The minimum absolute atomic E-state index is 0.0386. The van der Waals surface area contributed by atoms with Crippen LogP contribution < -0.4 is 0 Å². The Hall–Kier alpha value is -16.2. The number of fused-ring (bicyclic) bond motifs is 21. The van der Waals surface area contributed by atoms with Gasteiger partial charge in [0.2, 0.25) is 0 Å². The molecule has 0 unspecified atom stereocenters. The van der Waals surface area contributed by atoms with Crippen LogP contribution in [0.1, 0.15) is 92.9 Å². The van der Waals surface area contributed by atoms with Gasteiger partial charge in [0.15, 0.2) is 0 Å². The van der Waals surface area contributed by atoms with Crippen molar-refractivity contribution in [3.8, 4) is 39.8 Å². The molecule has 19 aromatic carbocycles. The predicted molar refractivity (Wildman–Crippen MR) is 574 cm³/mol. The third-order valence-corrected chi connectivity index (χ3v) is 32.3. The second kappa shape index (κ2) is 31.5. The minimum Gasteiger partial charge on any atom is -0.309 e. The third-order valence-electron chi connectivity index (χ3n) is 32.3. The Morgan fingerprint density at radius 1 is 0.161 bits per heavy atom. The van der Waals surface area contributed by atoms with Crippen molar-refractivity contribution in [2.75, 3.05) is 0 Å². The highest BCUT2D eigenvalue weighted by molar-refractivity contribution is 6.15. The average Bonchev–Trinajstić information content (AvgIpc) is 1.70. The molecule has 0 N–H and O–H groups in total. The van der Waals surface area contributed by atoms with Crippen LogP contribution in [-0.2, 0) is 16.2 Å². The SMILES string of the molecule is c1ccc2c(c1)c1ccccc1n2-c1cc(-n2c3ccccc3c3ccccc32)cc(-n2c3ccccc3c3ccccc32)c1.c1ccc2c(c1)c1ccccc1n2-c1ccc(C2(c3ccc(-n4c5ccccc5c5ccccc54)cc3)CCCCC2)cc1.c1ccc2c(c1)c1ccccc1n2-c1ccc(C23CC4CC(C2)CC(c2ccc(-n5c6ccccc6c6ccccc65)cc2)(C4)C3)cc1. The van der Waals surface area contributed by atoms with E-state index in [1.807, 2.05) is 0 Å². The number of hydrogen-bond donors (Lipinski definition) is 0. The van der Waals surface area contributed by atoms with Gasteiger partial charge in [-0.15, -0.1) is 0 Å². The summed E-state index contributed by atoms with van der Waals surface area (Å²) in [6, 6.07) is 169. The van der Waals surface area contributed by atoms with E-state index < -0.39 is 0 Å².